The molecule has 11 heavy (non-hydrogen) atoms. The minimum Gasteiger partial charge on any atom is -0.382 e. The number of rotatable bonds is 8. The summed E-state index contributed by atoms with van der Waals surface area (Å²) in [5.74, 6) is 0.984. The second-order valence-corrected chi connectivity index (χ2v) is 2.84. The molecule has 0 rings (SSSR count). The predicted octanol–water partition coefficient (Wildman–Crippen LogP) is 1.75. The van der Waals surface area contributed by atoms with Crippen LogP contribution in [0.1, 0.15) is 19.3 Å². The van der Waals surface area contributed by atoms with Crippen molar-refractivity contribution in [1.29, 1.82) is 0 Å². The maximum Gasteiger partial charge on any atom is 0.0700 e. The normalized spacial score (nSPS) is 10.4. The number of hydrogen-bond acceptors (Lipinski definition) is 3. The molecule has 0 heterocycles. The first kappa shape index (κ1) is 11.3. The van der Waals surface area contributed by atoms with Crippen molar-refractivity contribution in [2.75, 3.05) is 32.7 Å². The van der Waals surface area contributed by atoms with Gasteiger partial charge in [-0.15, -0.1) is 0 Å². The largest absolute Gasteiger partial charge is 0.382 e. The molecule has 0 bridgehead atoms. The van der Waals surface area contributed by atoms with E-state index in [1.54, 1.807) is 7.11 Å². The molecule has 0 amide bonds. The van der Waals surface area contributed by atoms with E-state index in [4.69, 9.17) is 9.47 Å². The lowest BCUT2D eigenvalue weighted by Gasteiger charge is -2.01. The molecule has 0 aliphatic carbocycles. The Hall–Kier alpha value is 0.270. The molecule has 0 saturated heterocycles. The topological polar surface area (TPSA) is 18.5 Å². The number of methoxy groups -OCH3 is 1. The third-order valence-corrected chi connectivity index (χ3v) is 1.69. The van der Waals surface area contributed by atoms with Gasteiger partial charge < -0.3 is 9.47 Å². The molecule has 0 saturated carbocycles. The van der Waals surface area contributed by atoms with Gasteiger partial charge in [0, 0.05) is 13.7 Å². The molecule has 0 aliphatic rings. The van der Waals surface area contributed by atoms with Crippen molar-refractivity contribution in [1.82, 2.24) is 0 Å². The average molecular weight is 178 g/mol. The van der Waals surface area contributed by atoms with Crippen molar-refractivity contribution in [2.24, 2.45) is 0 Å². The summed E-state index contributed by atoms with van der Waals surface area (Å²) in [5, 5.41) is 0. The quantitative estimate of drug-likeness (QED) is 0.451. The van der Waals surface area contributed by atoms with Crippen molar-refractivity contribution in [3.8, 4) is 0 Å². The van der Waals surface area contributed by atoms with E-state index in [1.807, 2.05) is 0 Å². The maximum absolute atomic E-state index is 5.27. The Morgan fingerprint density at radius 3 is 2.45 bits per heavy atom. The fourth-order valence-corrected chi connectivity index (χ4v) is 0.961. The fourth-order valence-electron chi connectivity index (χ4n) is 0.737. The molecular formula is C8H18O2S. The second kappa shape index (κ2) is 10.3. The standard InChI is InChI=1S/C8H18O2S/c1-9-6-7-10-5-3-2-4-8-11/h11H,2-8H2,1H3. The van der Waals surface area contributed by atoms with Gasteiger partial charge in [-0.25, -0.2) is 0 Å². The van der Waals surface area contributed by atoms with E-state index in [-0.39, 0.29) is 0 Å². The highest BCUT2D eigenvalue weighted by Crippen LogP contribution is 1.96. The van der Waals surface area contributed by atoms with Crippen LogP contribution < -0.4 is 0 Å². The Morgan fingerprint density at radius 2 is 1.82 bits per heavy atom. The van der Waals surface area contributed by atoms with Crippen molar-refractivity contribution >= 4 is 12.6 Å². The van der Waals surface area contributed by atoms with Crippen molar-refractivity contribution in [3.63, 3.8) is 0 Å². The molecule has 0 aromatic heterocycles. The van der Waals surface area contributed by atoms with Gasteiger partial charge in [-0.2, -0.15) is 12.6 Å². The van der Waals surface area contributed by atoms with Crippen LogP contribution in [0.4, 0.5) is 0 Å². The van der Waals surface area contributed by atoms with Crippen LogP contribution in [0.5, 0.6) is 0 Å². The summed E-state index contributed by atoms with van der Waals surface area (Å²) in [4.78, 5) is 0. The van der Waals surface area contributed by atoms with Gasteiger partial charge in [0.1, 0.15) is 0 Å². The molecule has 3 heteroatoms. The summed E-state index contributed by atoms with van der Waals surface area (Å²) in [7, 11) is 1.68. The summed E-state index contributed by atoms with van der Waals surface area (Å²) in [6.07, 6.45) is 3.55. The molecule has 68 valence electrons. The number of unbranched alkanes of at least 4 members (excludes halogenated alkanes) is 2. The van der Waals surface area contributed by atoms with Crippen molar-refractivity contribution < 1.29 is 9.47 Å². The molecule has 0 aromatic carbocycles. The zero-order valence-electron chi connectivity index (χ0n) is 7.21. The SMILES string of the molecule is COCCOCCCCCS. The molecule has 0 spiro atoms. The summed E-state index contributed by atoms with van der Waals surface area (Å²) < 4.78 is 10.1. The first-order valence-electron chi connectivity index (χ1n) is 4.09. The second-order valence-electron chi connectivity index (χ2n) is 2.39. The van der Waals surface area contributed by atoms with Gasteiger partial charge in [-0.3, -0.25) is 0 Å². The Balaban J connectivity index is 2.69. The van der Waals surface area contributed by atoms with E-state index in [2.05, 4.69) is 12.6 Å². The molecule has 2 nitrogen and oxygen atoms in total. The number of thiol groups is 1. The lowest BCUT2D eigenvalue weighted by molar-refractivity contribution is 0.0688. The molecule has 0 aliphatic heterocycles. The van der Waals surface area contributed by atoms with E-state index >= 15 is 0 Å². The van der Waals surface area contributed by atoms with Crippen LogP contribution in [-0.4, -0.2) is 32.7 Å². The Kier molecular flexibility index (Phi) is 10.5. The van der Waals surface area contributed by atoms with Crippen LogP contribution >= 0.6 is 12.6 Å². The Labute approximate surface area is 74.7 Å². The molecule has 0 atom stereocenters. The van der Waals surface area contributed by atoms with Crippen LogP contribution in [0.15, 0.2) is 0 Å². The fraction of sp³-hybridized carbons (Fsp3) is 1.00. The molecule has 0 aromatic rings. The van der Waals surface area contributed by atoms with Gasteiger partial charge in [0.05, 0.1) is 13.2 Å². The van der Waals surface area contributed by atoms with E-state index < -0.39 is 0 Å². The Morgan fingerprint density at radius 1 is 1.00 bits per heavy atom. The van der Waals surface area contributed by atoms with Gasteiger partial charge in [-0.1, -0.05) is 6.42 Å². The predicted molar refractivity (Wildman–Crippen MR) is 50.4 cm³/mol. The zero-order valence-corrected chi connectivity index (χ0v) is 8.11. The van der Waals surface area contributed by atoms with Crippen LogP contribution in [-0.2, 0) is 9.47 Å². The summed E-state index contributed by atoms with van der Waals surface area (Å²) >= 11 is 4.12. The van der Waals surface area contributed by atoms with Gasteiger partial charge in [0.2, 0.25) is 0 Å². The third-order valence-electron chi connectivity index (χ3n) is 1.38. The van der Waals surface area contributed by atoms with Gasteiger partial charge >= 0.3 is 0 Å². The van der Waals surface area contributed by atoms with Gasteiger partial charge in [0.15, 0.2) is 0 Å². The highest BCUT2D eigenvalue weighted by atomic mass is 32.1. The minimum atomic E-state index is 0.701. The summed E-state index contributed by atoms with van der Waals surface area (Å²) in [6.45, 7) is 2.28. The van der Waals surface area contributed by atoms with Crippen LogP contribution in [0.3, 0.4) is 0 Å². The van der Waals surface area contributed by atoms with Crippen molar-refractivity contribution in [3.05, 3.63) is 0 Å². The lowest BCUT2D eigenvalue weighted by Crippen LogP contribution is -2.02. The molecule has 0 N–H and O–H groups in total. The summed E-state index contributed by atoms with van der Waals surface area (Å²) in [5.41, 5.74) is 0. The maximum atomic E-state index is 5.27. The van der Waals surface area contributed by atoms with Crippen LogP contribution in [0.25, 0.3) is 0 Å². The van der Waals surface area contributed by atoms with Crippen LogP contribution in [0, 0.1) is 0 Å². The Bertz CT molecular complexity index is 61.1. The highest BCUT2D eigenvalue weighted by molar-refractivity contribution is 7.80. The summed E-state index contributed by atoms with van der Waals surface area (Å²) in [6, 6.07) is 0. The average Bonchev–Trinajstić information content (AvgIpc) is 2.03. The first-order valence-corrected chi connectivity index (χ1v) is 4.72. The number of ether oxygens (including phenoxy) is 2. The molecular weight excluding hydrogens is 160 g/mol. The molecule has 0 radical (unpaired) electrons. The van der Waals surface area contributed by atoms with Crippen LogP contribution in [0.2, 0.25) is 0 Å². The lowest BCUT2D eigenvalue weighted by atomic mass is 10.3. The zero-order chi connectivity index (χ0) is 8.36. The van der Waals surface area contributed by atoms with Gasteiger partial charge in [-0.05, 0) is 18.6 Å². The number of hydrogen-bond donors (Lipinski definition) is 1. The van der Waals surface area contributed by atoms with E-state index in [0.29, 0.717) is 6.61 Å². The monoisotopic (exact) mass is 178 g/mol. The highest BCUT2D eigenvalue weighted by Gasteiger charge is 1.88. The van der Waals surface area contributed by atoms with E-state index in [1.165, 1.54) is 12.8 Å². The molecule has 0 fully saturated rings. The minimum absolute atomic E-state index is 0.701. The smallest absolute Gasteiger partial charge is 0.0700 e. The third kappa shape index (κ3) is 10.3. The van der Waals surface area contributed by atoms with E-state index in [9.17, 15) is 0 Å². The van der Waals surface area contributed by atoms with Gasteiger partial charge in [0.25, 0.3) is 0 Å². The first-order chi connectivity index (χ1) is 5.41. The van der Waals surface area contributed by atoms with Crippen molar-refractivity contribution in [2.45, 2.75) is 19.3 Å². The van der Waals surface area contributed by atoms with E-state index in [0.717, 1.165) is 25.4 Å². The molecule has 0 unspecified atom stereocenters.